The number of quaternary nitrogens is 1. The lowest BCUT2D eigenvalue weighted by molar-refractivity contribution is -0.368. The third-order valence-electron chi connectivity index (χ3n) is 1.90. The van der Waals surface area contributed by atoms with Crippen molar-refractivity contribution in [2.24, 2.45) is 0 Å². The molecular weight excluding hydrogens is 246 g/mol. The van der Waals surface area contributed by atoms with E-state index in [0.717, 1.165) is 6.54 Å². The van der Waals surface area contributed by atoms with Gasteiger partial charge < -0.3 is 15.6 Å². The van der Waals surface area contributed by atoms with E-state index in [9.17, 15) is 18.3 Å². The fraction of sp³-hybridized carbons (Fsp3) is 0.900. The van der Waals surface area contributed by atoms with Crippen LogP contribution in [0, 0.1) is 0 Å². The molecule has 17 heavy (non-hydrogen) atoms. The number of hydrogen-bond acceptors (Lipinski definition) is 4. The third kappa shape index (κ3) is 25.5. The zero-order valence-electron chi connectivity index (χ0n) is 10.4. The second-order valence-electron chi connectivity index (χ2n) is 3.72. The number of carbonyl (C=O) groups is 1. The molecule has 7 heteroatoms. The normalized spacial score (nSPS) is 10.5. The second kappa shape index (κ2) is 11.8. The molecule has 104 valence electrons. The molecule has 0 spiro atoms. The van der Waals surface area contributed by atoms with Crippen LogP contribution < -0.4 is 10.8 Å². The SMILES string of the molecule is CCCCCCCC[NH3+].O=C([O-])CS(=O)(=O)O. The van der Waals surface area contributed by atoms with E-state index in [1.54, 1.807) is 0 Å². The van der Waals surface area contributed by atoms with Gasteiger partial charge in [0.25, 0.3) is 10.1 Å². The van der Waals surface area contributed by atoms with Crippen LogP contribution in [0.3, 0.4) is 0 Å². The highest BCUT2D eigenvalue weighted by Gasteiger charge is 2.02. The van der Waals surface area contributed by atoms with Gasteiger partial charge in [-0.3, -0.25) is 4.55 Å². The van der Waals surface area contributed by atoms with Gasteiger partial charge in [-0.25, -0.2) is 0 Å². The molecule has 0 saturated heterocycles. The number of carboxylic acid groups (broad SMARTS) is 1. The van der Waals surface area contributed by atoms with E-state index in [1.807, 2.05) is 0 Å². The minimum Gasteiger partial charge on any atom is -0.549 e. The Labute approximate surface area is 103 Å². The van der Waals surface area contributed by atoms with Crippen LogP contribution in [-0.4, -0.2) is 31.2 Å². The van der Waals surface area contributed by atoms with E-state index >= 15 is 0 Å². The fourth-order valence-electron chi connectivity index (χ4n) is 1.11. The average Bonchev–Trinajstić information content (AvgIpc) is 2.15. The van der Waals surface area contributed by atoms with Crippen molar-refractivity contribution in [3.63, 3.8) is 0 Å². The maximum atomic E-state index is 9.58. The second-order valence-corrected chi connectivity index (χ2v) is 5.17. The van der Waals surface area contributed by atoms with Crippen LogP contribution >= 0.6 is 0 Å². The highest BCUT2D eigenvalue weighted by molar-refractivity contribution is 7.86. The summed E-state index contributed by atoms with van der Waals surface area (Å²) in [7, 11) is -4.39. The molecule has 0 aromatic carbocycles. The van der Waals surface area contributed by atoms with Gasteiger partial charge in [0, 0.05) is 0 Å². The topological polar surface area (TPSA) is 122 Å². The van der Waals surface area contributed by atoms with Gasteiger partial charge in [-0.2, -0.15) is 8.42 Å². The van der Waals surface area contributed by atoms with E-state index in [2.05, 4.69) is 12.7 Å². The van der Waals surface area contributed by atoms with Gasteiger partial charge >= 0.3 is 0 Å². The van der Waals surface area contributed by atoms with Crippen LogP contribution in [0.15, 0.2) is 0 Å². The summed E-state index contributed by atoms with van der Waals surface area (Å²) in [6, 6.07) is 0. The Kier molecular flexibility index (Phi) is 13.0. The van der Waals surface area contributed by atoms with Crippen molar-refractivity contribution < 1.29 is 28.6 Å². The molecule has 0 rings (SSSR count). The highest BCUT2D eigenvalue weighted by Crippen LogP contribution is 2.03. The molecular formula is C10H23NO5S. The summed E-state index contributed by atoms with van der Waals surface area (Å²) in [4.78, 5) is 9.36. The molecule has 0 aliphatic heterocycles. The van der Waals surface area contributed by atoms with Crippen molar-refractivity contribution in [2.75, 3.05) is 12.3 Å². The van der Waals surface area contributed by atoms with E-state index in [1.165, 1.54) is 38.5 Å². The highest BCUT2D eigenvalue weighted by atomic mass is 32.2. The summed E-state index contributed by atoms with van der Waals surface area (Å²) in [6.45, 7) is 3.37. The van der Waals surface area contributed by atoms with Crippen LogP contribution in [0.5, 0.6) is 0 Å². The zero-order valence-corrected chi connectivity index (χ0v) is 11.2. The number of hydrogen-bond donors (Lipinski definition) is 2. The molecule has 0 unspecified atom stereocenters. The minimum absolute atomic E-state index is 1.12. The van der Waals surface area contributed by atoms with Crippen molar-refractivity contribution in [1.29, 1.82) is 0 Å². The van der Waals surface area contributed by atoms with Gasteiger partial charge in [0.05, 0.1) is 12.5 Å². The Bertz CT molecular complexity index is 270. The Hall–Kier alpha value is -0.660. The van der Waals surface area contributed by atoms with Crippen LogP contribution in [0.25, 0.3) is 0 Å². The van der Waals surface area contributed by atoms with Crippen molar-refractivity contribution >= 4 is 16.1 Å². The lowest BCUT2D eigenvalue weighted by Crippen LogP contribution is -2.50. The Balaban J connectivity index is 0. The number of carboxylic acids is 1. The van der Waals surface area contributed by atoms with Gasteiger partial charge in [-0.15, -0.1) is 0 Å². The largest absolute Gasteiger partial charge is 0.549 e. The van der Waals surface area contributed by atoms with Crippen molar-refractivity contribution in [3.8, 4) is 0 Å². The molecule has 6 nitrogen and oxygen atoms in total. The monoisotopic (exact) mass is 269 g/mol. The molecule has 0 aromatic heterocycles. The first-order valence-corrected chi connectivity index (χ1v) is 7.38. The number of carbonyl (C=O) groups excluding carboxylic acids is 1. The molecule has 0 bridgehead atoms. The Morgan fingerprint density at radius 1 is 1.18 bits per heavy atom. The zero-order chi connectivity index (χ0) is 13.7. The standard InChI is InChI=1S/C8H19N.C2H4O5S/c1-2-3-4-5-6-7-8-9;3-2(4)1-8(5,6)7/h2-9H2,1H3;1H2,(H,3,4)(H,5,6,7). The summed E-state index contributed by atoms with van der Waals surface area (Å²) in [6.07, 6.45) is 8.33. The molecule has 0 fully saturated rings. The molecule has 0 aromatic rings. The van der Waals surface area contributed by atoms with Gasteiger partial charge in [0.1, 0.15) is 5.75 Å². The first-order chi connectivity index (χ1) is 7.83. The van der Waals surface area contributed by atoms with Crippen LogP contribution in [0.2, 0.25) is 0 Å². The molecule has 0 aliphatic carbocycles. The van der Waals surface area contributed by atoms with Crippen LogP contribution in [-0.2, 0) is 14.9 Å². The van der Waals surface area contributed by atoms with Crippen molar-refractivity contribution in [3.05, 3.63) is 0 Å². The smallest absolute Gasteiger partial charge is 0.270 e. The lowest BCUT2D eigenvalue weighted by Gasteiger charge is -1.95. The van der Waals surface area contributed by atoms with Crippen molar-refractivity contribution in [1.82, 2.24) is 0 Å². The van der Waals surface area contributed by atoms with E-state index in [4.69, 9.17) is 4.55 Å². The third-order valence-corrected chi connectivity index (χ3v) is 2.50. The van der Waals surface area contributed by atoms with Gasteiger partial charge in [0.2, 0.25) is 0 Å². The van der Waals surface area contributed by atoms with Crippen LogP contribution in [0.1, 0.15) is 45.4 Å². The predicted octanol–water partition coefficient (Wildman–Crippen LogP) is -0.787. The average molecular weight is 269 g/mol. The molecule has 4 N–H and O–H groups in total. The Morgan fingerprint density at radius 2 is 1.65 bits per heavy atom. The summed E-state index contributed by atoms with van der Waals surface area (Å²) in [5.74, 6) is -3.15. The van der Waals surface area contributed by atoms with Gasteiger partial charge in [0.15, 0.2) is 0 Å². The molecule has 0 amide bonds. The lowest BCUT2D eigenvalue weighted by atomic mass is 10.1. The molecule has 0 radical (unpaired) electrons. The summed E-state index contributed by atoms with van der Waals surface area (Å²) >= 11 is 0. The first kappa shape index (κ1) is 18.7. The quantitative estimate of drug-likeness (QED) is 0.442. The summed E-state index contributed by atoms with van der Waals surface area (Å²) in [5.41, 5.74) is 3.80. The number of unbranched alkanes of at least 4 members (excludes halogenated alkanes) is 5. The fourth-order valence-corrected chi connectivity index (χ4v) is 1.40. The van der Waals surface area contributed by atoms with Crippen molar-refractivity contribution in [2.45, 2.75) is 45.4 Å². The molecule has 0 atom stereocenters. The molecule has 0 saturated carbocycles. The van der Waals surface area contributed by atoms with E-state index < -0.39 is 21.8 Å². The molecule has 0 heterocycles. The summed E-state index contributed by atoms with van der Waals surface area (Å²) in [5, 5.41) is 9.36. The maximum Gasteiger partial charge on any atom is 0.270 e. The van der Waals surface area contributed by atoms with Gasteiger partial charge in [-0.1, -0.05) is 32.6 Å². The summed E-state index contributed by atoms with van der Waals surface area (Å²) < 4.78 is 26.9. The number of rotatable bonds is 8. The Morgan fingerprint density at radius 3 is 1.94 bits per heavy atom. The van der Waals surface area contributed by atoms with E-state index in [-0.39, 0.29) is 0 Å². The molecule has 0 aliphatic rings. The number of aliphatic carboxylic acids is 1. The minimum atomic E-state index is -4.39. The van der Waals surface area contributed by atoms with Crippen LogP contribution in [0.4, 0.5) is 0 Å². The predicted molar refractivity (Wildman–Crippen MR) is 62.6 cm³/mol. The van der Waals surface area contributed by atoms with E-state index in [0.29, 0.717) is 0 Å². The first-order valence-electron chi connectivity index (χ1n) is 5.77. The van der Waals surface area contributed by atoms with Gasteiger partial charge in [-0.05, 0) is 12.8 Å². The maximum absolute atomic E-state index is 9.58.